The Morgan fingerprint density at radius 1 is 1.12 bits per heavy atom. The summed E-state index contributed by atoms with van der Waals surface area (Å²) < 4.78 is 31.8. The molecule has 0 aromatic heterocycles. The number of para-hydroxylation sites is 1. The zero-order valence-corrected chi connectivity index (χ0v) is 16.3. The van der Waals surface area contributed by atoms with Gasteiger partial charge in [0.05, 0.1) is 4.90 Å². The van der Waals surface area contributed by atoms with Crippen LogP contribution in [0.2, 0.25) is 0 Å². The molecule has 138 valence electrons. The normalized spacial score (nSPS) is 11.0. The summed E-state index contributed by atoms with van der Waals surface area (Å²) in [6, 6.07) is 14.9. The standard InChI is InChI=1S/C17H17BrN2O5S/c1-20(14-7-3-2-4-8-14)16(21)12-25-17(22)11-19-26(23,24)15-9-5-6-13(18)10-15/h2-10,19H,11-12H2,1H3. The predicted octanol–water partition coefficient (Wildman–Crippen LogP) is 1.93. The number of likely N-dealkylation sites (N-methyl/N-ethyl adjacent to an activating group) is 1. The average Bonchev–Trinajstić information content (AvgIpc) is 2.64. The second kappa shape index (κ2) is 8.93. The molecular weight excluding hydrogens is 424 g/mol. The first-order chi connectivity index (χ1) is 12.3. The molecular formula is C17H17BrN2O5S. The van der Waals surface area contributed by atoms with Crippen LogP contribution in [0.25, 0.3) is 0 Å². The van der Waals surface area contributed by atoms with E-state index in [4.69, 9.17) is 4.74 Å². The van der Waals surface area contributed by atoms with E-state index in [2.05, 4.69) is 20.7 Å². The summed E-state index contributed by atoms with van der Waals surface area (Å²) in [4.78, 5) is 25.1. The first-order valence-corrected chi connectivity index (χ1v) is 9.79. The largest absolute Gasteiger partial charge is 0.455 e. The Labute approximate surface area is 160 Å². The van der Waals surface area contributed by atoms with E-state index in [0.29, 0.717) is 10.2 Å². The number of carbonyl (C=O) groups excluding carboxylic acids is 2. The minimum Gasteiger partial charge on any atom is -0.455 e. The third-order valence-corrected chi connectivity index (χ3v) is 5.28. The Morgan fingerprint density at radius 2 is 1.81 bits per heavy atom. The minimum atomic E-state index is -3.85. The van der Waals surface area contributed by atoms with Gasteiger partial charge in [-0.2, -0.15) is 4.72 Å². The van der Waals surface area contributed by atoms with E-state index < -0.39 is 35.1 Å². The number of nitrogens with one attached hydrogen (secondary N) is 1. The van der Waals surface area contributed by atoms with Crippen LogP contribution in [0.3, 0.4) is 0 Å². The van der Waals surface area contributed by atoms with Gasteiger partial charge < -0.3 is 9.64 Å². The molecule has 0 saturated carbocycles. The van der Waals surface area contributed by atoms with Gasteiger partial charge in [0.2, 0.25) is 10.0 Å². The Morgan fingerprint density at radius 3 is 2.46 bits per heavy atom. The first kappa shape index (κ1) is 20.1. The van der Waals surface area contributed by atoms with Gasteiger partial charge in [0.15, 0.2) is 6.61 Å². The number of sulfonamides is 1. The van der Waals surface area contributed by atoms with E-state index in [-0.39, 0.29) is 4.90 Å². The summed E-state index contributed by atoms with van der Waals surface area (Å²) in [5.74, 6) is -1.28. The topological polar surface area (TPSA) is 92.8 Å². The summed E-state index contributed by atoms with van der Waals surface area (Å²) >= 11 is 3.18. The molecule has 0 spiro atoms. The van der Waals surface area contributed by atoms with Gasteiger partial charge in [-0.05, 0) is 30.3 Å². The molecule has 0 aliphatic heterocycles. The lowest BCUT2D eigenvalue weighted by Crippen LogP contribution is -2.34. The summed E-state index contributed by atoms with van der Waals surface area (Å²) in [6.45, 7) is -1.06. The molecule has 0 saturated heterocycles. The highest BCUT2D eigenvalue weighted by Gasteiger charge is 2.18. The number of ether oxygens (including phenoxy) is 1. The van der Waals surface area contributed by atoms with E-state index >= 15 is 0 Å². The number of halogens is 1. The zero-order chi connectivity index (χ0) is 19.2. The van der Waals surface area contributed by atoms with Crippen molar-refractivity contribution < 1.29 is 22.7 Å². The lowest BCUT2D eigenvalue weighted by molar-refractivity contribution is -0.146. The van der Waals surface area contributed by atoms with Crippen LogP contribution in [-0.4, -0.2) is 40.5 Å². The fraction of sp³-hybridized carbons (Fsp3) is 0.176. The lowest BCUT2D eigenvalue weighted by Gasteiger charge is -2.17. The van der Waals surface area contributed by atoms with Crippen molar-refractivity contribution in [1.82, 2.24) is 4.72 Å². The Bertz CT molecular complexity index is 887. The summed E-state index contributed by atoms with van der Waals surface area (Å²) in [5, 5.41) is 0. The number of carbonyl (C=O) groups is 2. The van der Waals surface area contributed by atoms with Gasteiger partial charge in [-0.15, -0.1) is 0 Å². The van der Waals surface area contributed by atoms with Gasteiger partial charge in [0.25, 0.3) is 5.91 Å². The van der Waals surface area contributed by atoms with Crippen LogP contribution in [0.15, 0.2) is 64.0 Å². The molecule has 2 aromatic rings. The molecule has 0 aliphatic carbocycles. The van der Waals surface area contributed by atoms with Crippen LogP contribution in [0, 0.1) is 0 Å². The molecule has 2 rings (SSSR count). The Hall–Kier alpha value is -2.23. The van der Waals surface area contributed by atoms with Gasteiger partial charge in [0.1, 0.15) is 6.54 Å². The third-order valence-electron chi connectivity index (χ3n) is 3.39. The summed E-state index contributed by atoms with van der Waals surface area (Å²) in [6.07, 6.45) is 0. The quantitative estimate of drug-likeness (QED) is 0.663. The average molecular weight is 441 g/mol. The number of nitrogens with zero attached hydrogens (tertiary/aromatic N) is 1. The van der Waals surface area contributed by atoms with E-state index in [1.807, 2.05) is 6.07 Å². The fourth-order valence-corrected chi connectivity index (χ4v) is 3.52. The molecule has 0 fully saturated rings. The van der Waals surface area contributed by atoms with Gasteiger partial charge in [-0.3, -0.25) is 9.59 Å². The SMILES string of the molecule is CN(C(=O)COC(=O)CNS(=O)(=O)c1cccc(Br)c1)c1ccccc1. The fourth-order valence-electron chi connectivity index (χ4n) is 1.96. The minimum absolute atomic E-state index is 0.0135. The first-order valence-electron chi connectivity index (χ1n) is 7.52. The number of benzene rings is 2. The van der Waals surface area contributed by atoms with Crippen molar-refractivity contribution in [3.8, 4) is 0 Å². The Kier molecular flexibility index (Phi) is 6.90. The van der Waals surface area contributed by atoms with Crippen molar-refractivity contribution in [2.75, 3.05) is 25.1 Å². The molecule has 0 heterocycles. The monoisotopic (exact) mass is 440 g/mol. The lowest BCUT2D eigenvalue weighted by atomic mass is 10.3. The number of rotatable bonds is 7. The van der Waals surface area contributed by atoms with Crippen LogP contribution in [0.4, 0.5) is 5.69 Å². The number of hydrogen-bond acceptors (Lipinski definition) is 5. The van der Waals surface area contributed by atoms with Crippen LogP contribution in [-0.2, 0) is 24.3 Å². The molecule has 2 aromatic carbocycles. The van der Waals surface area contributed by atoms with Crippen molar-refractivity contribution in [2.45, 2.75) is 4.90 Å². The maximum Gasteiger partial charge on any atom is 0.321 e. The number of hydrogen-bond donors (Lipinski definition) is 1. The van der Waals surface area contributed by atoms with Crippen molar-refractivity contribution in [3.63, 3.8) is 0 Å². The molecule has 0 bridgehead atoms. The van der Waals surface area contributed by atoms with E-state index in [1.54, 1.807) is 43.4 Å². The smallest absolute Gasteiger partial charge is 0.321 e. The second-order valence-electron chi connectivity index (χ2n) is 5.23. The van der Waals surface area contributed by atoms with Crippen molar-refractivity contribution >= 4 is 43.5 Å². The van der Waals surface area contributed by atoms with Gasteiger partial charge in [-0.25, -0.2) is 8.42 Å². The van der Waals surface area contributed by atoms with Crippen molar-refractivity contribution in [2.24, 2.45) is 0 Å². The molecule has 1 N–H and O–H groups in total. The molecule has 0 unspecified atom stereocenters. The van der Waals surface area contributed by atoms with E-state index in [1.165, 1.54) is 17.0 Å². The van der Waals surface area contributed by atoms with Gasteiger partial charge >= 0.3 is 5.97 Å². The second-order valence-corrected chi connectivity index (χ2v) is 7.91. The molecule has 0 radical (unpaired) electrons. The zero-order valence-electron chi connectivity index (χ0n) is 13.9. The maximum atomic E-state index is 12.1. The summed E-state index contributed by atoms with van der Waals surface area (Å²) in [5.41, 5.74) is 0.656. The molecule has 1 amide bonds. The highest BCUT2D eigenvalue weighted by atomic mass is 79.9. The Balaban J connectivity index is 1.84. The van der Waals surface area contributed by atoms with Crippen LogP contribution in [0.1, 0.15) is 0 Å². The van der Waals surface area contributed by atoms with Crippen LogP contribution in [0.5, 0.6) is 0 Å². The highest BCUT2D eigenvalue weighted by Crippen LogP contribution is 2.15. The number of esters is 1. The molecule has 0 aliphatic rings. The van der Waals surface area contributed by atoms with Crippen LogP contribution < -0.4 is 9.62 Å². The third kappa shape index (κ3) is 5.65. The van der Waals surface area contributed by atoms with Crippen molar-refractivity contribution in [3.05, 3.63) is 59.1 Å². The molecule has 0 atom stereocenters. The molecule has 26 heavy (non-hydrogen) atoms. The summed E-state index contributed by atoms with van der Waals surface area (Å²) in [7, 11) is -2.29. The number of amides is 1. The highest BCUT2D eigenvalue weighted by molar-refractivity contribution is 9.10. The molecule has 7 nitrogen and oxygen atoms in total. The van der Waals surface area contributed by atoms with Gasteiger partial charge in [-0.1, -0.05) is 40.2 Å². The van der Waals surface area contributed by atoms with Crippen molar-refractivity contribution in [1.29, 1.82) is 0 Å². The van der Waals surface area contributed by atoms with Crippen LogP contribution >= 0.6 is 15.9 Å². The van der Waals surface area contributed by atoms with E-state index in [9.17, 15) is 18.0 Å². The predicted molar refractivity (Wildman–Crippen MR) is 100 cm³/mol. The van der Waals surface area contributed by atoms with E-state index in [0.717, 1.165) is 0 Å². The molecule has 9 heteroatoms. The number of anilines is 1. The van der Waals surface area contributed by atoms with Gasteiger partial charge in [0, 0.05) is 17.2 Å². The maximum absolute atomic E-state index is 12.1.